The topological polar surface area (TPSA) is 70.3 Å². The molecule has 0 aliphatic rings. The lowest BCUT2D eigenvalue weighted by Crippen LogP contribution is -1.98. The van der Waals surface area contributed by atoms with Crippen molar-refractivity contribution in [2.45, 2.75) is 6.92 Å². The summed E-state index contributed by atoms with van der Waals surface area (Å²) in [5.41, 5.74) is 1.30. The third-order valence-corrected chi connectivity index (χ3v) is 2.56. The van der Waals surface area contributed by atoms with Crippen molar-refractivity contribution < 1.29 is 14.6 Å². The van der Waals surface area contributed by atoms with Crippen LogP contribution < -0.4 is 4.74 Å². The first kappa shape index (κ1) is 12.7. The lowest BCUT2D eigenvalue weighted by atomic mass is 10.1. The Bertz CT molecular complexity index is 671. The number of rotatable bonds is 3. The van der Waals surface area contributed by atoms with E-state index >= 15 is 0 Å². The van der Waals surface area contributed by atoms with E-state index < -0.39 is 5.97 Å². The molecule has 0 spiro atoms. The third kappa shape index (κ3) is 2.90. The van der Waals surface area contributed by atoms with Gasteiger partial charge in [-0.1, -0.05) is 12.1 Å². The summed E-state index contributed by atoms with van der Waals surface area (Å²) < 4.78 is 5.60. The highest BCUT2D eigenvalue weighted by molar-refractivity contribution is 5.88. The SMILES string of the molecule is Cc1cccc(Oc2ccc(C(=O)O)cc2C#N)c1. The van der Waals surface area contributed by atoms with E-state index in [1.165, 1.54) is 18.2 Å². The van der Waals surface area contributed by atoms with Crippen LogP contribution in [0.25, 0.3) is 0 Å². The Hall–Kier alpha value is -2.80. The van der Waals surface area contributed by atoms with Crippen LogP contribution in [-0.2, 0) is 0 Å². The quantitative estimate of drug-likeness (QED) is 0.910. The van der Waals surface area contributed by atoms with Crippen molar-refractivity contribution in [2.75, 3.05) is 0 Å². The lowest BCUT2D eigenvalue weighted by Gasteiger charge is -2.08. The smallest absolute Gasteiger partial charge is 0.335 e. The van der Waals surface area contributed by atoms with Crippen LogP contribution in [0.3, 0.4) is 0 Å². The van der Waals surface area contributed by atoms with Crippen LogP contribution in [0.4, 0.5) is 0 Å². The number of ether oxygens (including phenoxy) is 1. The van der Waals surface area contributed by atoms with Crippen molar-refractivity contribution in [1.29, 1.82) is 5.26 Å². The van der Waals surface area contributed by atoms with Crippen LogP contribution in [0.5, 0.6) is 11.5 Å². The normalized spacial score (nSPS) is 9.68. The molecular formula is C15H11NO3. The van der Waals surface area contributed by atoms with Gasteiger partial charge in [-0.2, -0.15) is 5.26 Å². The molecule has 19 heavy (non-hydrogen) atoms. The summed E-state index contributed by atoms with van der Waals surface area (Å²) in [6, 6.07) is 13.5. The monoisotopic (exact) mass is 253 g/mol. The third-order valence-electron chi connectivity index (χ3n) is 2.56. The van der Waals surface area contributed by atoms with E-state index in [4.69, 9.17) is 15.1 Å². The van der Waals surface area contributed by atoms with E-state index in [-0.39, 0.29) is 11.1 Å². The first-order valence-corrected chi connectivity index (χ1v) is 5.62. The molecule has 0 aliphatic heterocycles. The Kier molecular flexibility index (Phi) is 3.48. The van der Waals surface area contributed by atoms with Gasteiger partial charge >= 0.3 is 5.97 Å². The predicted molar refractivity (Wildman–Crippen MR) is 69.4 cm³/mol. The minimum absolute atomic E-state index is 0.0631. The summed E-state index contributed by atoms with van der Waals surface area (Å²) in [6.07, 6.45) is 0. The number of carbonyl (C=O) groups is 1. The number of carboxylic acids is 1. The molecular weight excluding hydrogens is 242 g/mol. The number of nitrogens with zero attached hydrogens (tertiary/aromatic N) is 1. The van der Waals surface area contributed by atoms with Gasteiger partial charge in [0.05, 0.1) is 11.1 Å². The highest BCUT2D eigenvalue weighted by Gasteiger charge is 2.10. The van der Waals surface area contributed by atoms with Gasteiger partial charge in [0.2, 0.25) is 0 Å². The van der Waals surface area contributed by atoms with Gasteiger partial charge in [0.15, 0.2) is 0 Å². The van der Waals surface area contributed by atoms with Crippen LogP contribution in [0.1, 0.15) is 21.5 Å². The molecule has 4 nitrogen and oxygen atoms in total. The van der Waals surface area contributed by atoms with Crippen molar-refractivity contribution in [1.82, 2.24) is 0 Å². The highest BCUT2D eigenvalue weighted by Crippen LogP contribution is 2.26. The van der Waals surface area contributed by atoms with E-state index in [9.17, 15) is 4.79 Å². The molecule has 2 aromatic rings. The molecule has 0 aliphatic carbocycles. The summed E-state index contributed by atoms with van der Waals surface area (Å²) in [5.74, 6) is -0.115. The number of aromatic carboxylic acids is 1. The van der Waals surface area contributed by atoms with Gasteiger partial charge in [-0.15, -0.1) is 0 Å². The van der Waals surface area contributed by atoms with Crippen molar-refractivity contribution in [3.63, 3.8) is 0 Å². The first-order chi connectivity index (χ1) is 9.10. The van der Waals surface area contributed by atoms with Gasteiger partial charge < -0.3 is 9.84 Å². The van der Waals surface area contributed by atoms with E-state index in [2.05, 4.69) is 0 Å². The maximum absolute atomic E-state index is 10.8. The molecule has 0 atom stereocenters. The predicted octanol–water partition coefficient (Wildman–Crippen LogP) is 3.36. The van der Waals surface area contributed by atoms with Crippen LogP contribution in [-0.4, -0.2) is 11.1 Å². The molecule has 94 valence electrons. The van der Waals surface area contributed by atoms with Gasteiger partial charge in [-0.25, -0.2) is 4.79 Å². The summed E-state index contributed by atoms with van der Waals surface area (Å²) >= 11 is 0. The van der Waals surface area contributed by atoms with Gasteiger partial charge in [0, 0.05) is 0 Å². The molecule has 0 bridgehead atoms. The average Bonchev–Trinajstić information content (AvgIpc) is 2.39. The molecule has 0 saturated heterocycles. The minimum Gasteiger partial charge on any atom is -0.478 e. The van der Waals surface area contributed by atoms with Crippen molar-refractivity contribution in [2.24, 2.45) is 0 Å². The summed E-state index contributed by atoms with van der Waals surface area (Å²) in [5, 5.41) is 17.9. The standard InChI is InChI=1S/C15H11NO3/c1-10-3-2-4-13(7-10)19-14-6-5-11(15(17)18)8-12(14)9-16/h2-8H,1H3,(H,17,18). The number of benzene rings is 2. The molecule has 0 amide bonds. The molecule has 2 rings (SSSR count). The average molecular weight is 253 g/mol. The zero-order chi connectivity index (χ0) is 13.8. The minimum atomic E-state index is -1.07. The van der Waals surface area contributed by atoms with E-state index in [0.29, 0.717) is 11.5 Å². The van der Waals surface area contributed by atoms with E-state index in [1.54, 1.807) is 6.07 Å². The lowest BCUT2D eigenvalue weighted by molar-refractivity contribution is 0.0697. The molecule has 4 heteroatoms. The van der Waals surface area contributed by atoms with Gasteiger partial charge in [-0.3, -0.25) is 0 Å². The van der Waals surface area contributed by atoms with Gasteiger partial charge in [-0.05, 0) is 42.8 Å². The largest absolute Gasteiger partial charge is 0.478 e. The molecule has 0 unspecified atom stereocenters. The van der Waals surface area contributed by atoms with Crippen LogP contribution in [0, 0.1) is 18.3 Å². The number of nitriles is 1. The maximum Gasteiger partial charge on any atom is 0.335 e. The Morgan fingerprint density at radius 1 is 1.26 bits per heavy atom. The van der Waals surface area contributed by atoms with Crippen LogP contribution in [0.2, 0.25) is 0 Å². The summed E-state index contributed by atoms with van der Waals surface area (Å²) in [7, 11) is 0. The fourth-order valence-corrected chi connectivity index (χ4v) is 1.65. The summed E-state index contributed by atoms with van der Waals surface area (Å²) in [6.45, 7) is 1.94. The number of hydrogen-bond acceptors (Lipinski definition) is 3. The van der Waals surface area contributed by atoms with Crippen molar-refractivity contribution in [3.05, 3.63) is 59.2 Å². The van der Waals surface area contributed by atoms with Gasteiger partial charge in [0.1, 0.15) is 17.6 Å². The van der Waals surface area contributed by atoms with E-state index in [1.807, 2.05) is 31.2 Å². The second kappa shape index (κ2) is 5.23. The Balaban J connectivity index is 2.36. The Morgan fingerprint density at radius 2 is 2.05 bits per heavy atom. The molecule has 0 aromatic heterocycles. The number of hydrogen-bond donors (Lipinski definition) is 1. The molecule has 0 saturated carbocycles. The number of carboxylic acid groups (broad SMARTS) is 1. The first-order valence-electron chi connectivity index (χ1n) is 5.62. The maximum atomic E-state index is 10.8. The molecule has 2 aromatic carbocycles. The van der Waals surface area contributed by atoms with Gasteiger partial charge in [0.25, 0.3) is 0 Å². The van der Waals surface area contributed by atoms with Crippen LogP contribution in [0.15, 0.2) is 42.5 Å². The Labute approximate surface area is 110 Å². The summed E-state index contributed by atoms with van der Waals surface area (Å²) in [4.78, 5) is 10.8. The zero-order valence-corrected chi connectivity index (χ0v) is 10.3. The number of aryl methyl sites for hydroxylation is 1. The zero-order valence-electron chi connectivity index (χ0n) is 10.3. The van der Waals surface area contributed by atoms with Crippen molar-refractivity contribution in [3.8, 4) is 17.6 Å². The van der Waals surface area contributed by atoms with E-state index in [0.717, 1.165) is 5.56 Å². The fourth-order valence-electron chi connectivity index (χ4n) is 1.65. The fraction of sp³-hybridized carbons (Fsp3) is 0.0667. The Morgan fingerprint density at radius 3 is 2.68 bits per heavy atom. The highest BCUT2D eigenvalue weighted by atomic mass is 16.5. The second-order valence-corrected chi connectivity index (χ2v) is 4.05. The molecule has 1 N–H and O–H groups in total. The molecule has 0 fully saturated rings. The molecule has 0 radical (unpaired) electrons. The van der Waals surface area contributed by atoms with Crippen LogP contribution >= 0.6 is 0 Å². The second-order valence-electron chi connectivity index (χ2n) is 4.05. The molecule has 0 heterocycles. The van der Waals surface area contributed by atoms with Crippen molar-refractivity contribution >= 4 is 5.97 Å².